The quantitative estimate of drug-likeness (QED) is 0.824. The van der Waals surface area contributed by atoms with Crippen LogP contribution in [0.4, 0.5) is 4.39 Å². The van der Waals surface area contributed by atoms with Crippen LogP contribution in [-0.4, -0.2) is 19.2 Å². The minimum absolute atomic E-state index is 0.202. The van der Waals surface area contributed by atoms with E-state index in [1.165, 1.54) is 12.5 Å². The molecular weight excluding hydrogens is 193 g/mol. The van der Waals surface area contributed by atoms with E-state index in [9.17, 15) is 4.39 Å². The van der Waals surface area contributed by atoms with Crippen molar-refractivity contribution in [3.63, 3.8) is 0 Å². The predicted molar refractivity (Wildman–Crippen MR) is 57.7 cm³/mol. The Bertz CT molecular complexity index is 334. The number of hydrogen-bond acceptors (Lipinski definition) is 2. The van der Waals surface area contributed by atoms with Crippen molar-refractivity contribution in [2.45, 2.75) is 25.8 Å². The number of nitrogens with one attached hydrogen (secondary N) is 1. The molecule has 1 fully saturated rings. The van der Waals surface area contributed by atoms with Gasteiger partial charge in [-0.2, -0.15) is 0 Å². The van der Waals surface area contributed by atoms with E-state index in [0.29, 0.717) is 24.0 Å². The van der Waals surface area contributed by atoms with Gasteiger partial charge in [0.25, 0.3) is 0 Å². The third-order valence-corrected chi connectivity index (χ3v) is 2.76. The Hall–Kier alpha value is -1.09. The molecule has 15 heavy (non-hydrogen) atoms. The molecular formula is C12H16FNO. The monoisotopic (exact) mass is 209 g/mol. The Morgan fingerprint density at radius 1 is 1.53 bits per heavy atom. The average Bonchev–Trinajstić information content (AvgIpc) is 2.73. The lowest BCUT2D eigenvalue weighted by Crippen LogP contribution is -2.28. The van der Waals surface area contributed by atoms with Crippen molar-refractivity contribution >= 4 is 0 Å². The highest BCUT2D eigenvalue weighted by Gasteiger charge is 2.14. The number of halogens is 1. The predicted octanol–water partition coefficient (Wildman–Crippen LogP) is 2.26. The molecule has 1 unspecified atom stereocenters. The van der Waals surface area contributed by atoms with Crippen LogP contribution >= 0.6 is 0 Å². The minimum Gasteiger partial charge on any atom is -0.492 e. The highest BCUT2D eigenvalue weighted by Crippen LogP contribution is 2.16. The Labute approximate surface area is 89.4 Å². The molecule has 0 saturated carbocycles. The van der Waals surface area contributed by atoms with E-state index in [1.807, 2.05) is 6.07 Å². The van der Waals surface area contributed by atoms with Crippen LogP contribution in [0.25, 0.3) is 0 Å². The number of hydrogen-bond donors (Lipinski definition) is 1. The van der Waals surface area contributed by atoms with Crippen LogP contribution in [0, 0.1) is 12.7 Å². The average molecular weight is 209 g/mol. The first-order chi connectivity index (χ1) is 7.25. The second-order valence-electron chi connectivity index (χ2n) is 4.02. The first-order valence-corrected chi connectivity index (χ1v) is 5.38. The first kappa shape index (κ1) is 10.4. The van der Waals surface area contributed by atoms with Crippen LogP contribution in [0.3, 0.4) is 0 Å². The molecule has 0 radical (unpaired) electrons. The fourth-order valence-corrected chi connectivity index (χ4v) is 1.76. The summed E-state index contributed by atoms with van der Waals surface area (Å²) in [6.45, 7) is 3.44. The van der Waals surface area contributed by atoms with Gasteiger partial charge in [0.05, 0.1) is 0 Å². The minimum atomic E-state index is -0.202. The summed E-state index contributed by atoms with van der Waals surface area (Å²) in [4.78, 5) is 0. The summed E-state index contributed by atoms with van der Waals surface area (Å²) in [6, 6.07) is 5.43. The van der Waals surface area contributed by atoms with Gasteiger partial charge in [0.2, 0.25) is 0 Å². The summed E-state index contributed by atoms with van der Waals surface area (Å²) in [7, 11) is 0. The van der Waals surface area contributed by atoms with E-state index in [4.69, 9.17) is 4.74 Å². The molecule has 1 aliphatic heterocycles. The second kappa shape index (κ2) is 4.62. The van der Waals surface area contributed by atoms with Crippen LogP contribution in [0.1, 0.15) is 18.4 Å². The maximum Gasteiger partial charge on any atom is 0.129 e. The van der Waals surface area contributed by atoms with E-state index >= 15 is 0 Å². The van der Waals surface area contributed by atoms with Crippen LogP contribution in [0.15, 0.2) is 18.2 Å². The fourth-order valence-electron chi connectivity index (χ4n) is 1.76. The molecule has 1 atom stereocenters. The molecule has 0 aliphatic carbocycles. The Morgan fingerprint density at radius 2 is 2.40 bits per heavy atom. The van der Waals surface area contributed by atoms with E-state index in [0.717, 1.165) is 13.0 Å². The van der Waals surface area contributed by atoms with Gasteiger partial charge in [-0.15, -0.1) is 0 Å². The maximum atomic E-state index is 13.2. The van der Waals surface area contributed by atoms with Gasteiger partial charge in [0, 0.05) is 12.1 Å². The summed E-state index contributed by atoms with van der Waals surface area (Å²) in [5, 5.41) is 3.33. The van der Waals surface area contributed by atoms with Crippen LogP contribution < -0.4 is 10.1 Å². The summed E-state index contributed by atoms with van der Waals surface area (Å²) in [6.07, 6.45) is 2.35. The molecule has 82 valence electrons. The van der Waals surface area contributed by atoms with E-state index in [-0.39, 0.29) is 5.82 Å². The lowest BCUT2D eigenvalue weighted by atomic mass is 10.2. The molecule has 1 N–H and O–H groups in total. The Balaban J connectivity index is 1.90. The number of rotatable bonds is 3. The topological polar surface area (TPSA) is 21.3 Å². The SMILES string of the molecule is Cc1ccc(OCC2CCCN2)cc1F. The molecule has 3 heteroatoms. The van der Waals surface area contributed by atoms with Gasteiger partial charge in [0.15, 0.2) is 0 Å². The van der Waals surface area contributed by atoms with Crippen LogP contribution in [-0.2, 0) is 0 Å². The fraction of sp³-hybridized carbons (Fsp3) is 0.500. The molecule has 1 saturated heterocycles. The van der Waals surface area contributed by atoms with Gasteiger partial charge in [-0.05, 0) is 37.9 Å². The zero-order valence-corrected chi connectivity index (χ0v) is 8.92. The zero-order chi connectivity index (χ0) is 10.7. The molecule has 2 rings (SSSR count). The molecule has 0 spiro atoms. The molecule has 0 bridgehead atoms. The van der Waals surface area contributed by atoms with Crippen LogP contribution in [0.2, 0.25) is 0 Å². The number of ether oxygens (including phenoxy) is 1. The van der Waals surface area contributed by atoms with Crippen molar-refractivity contribution in [1.82, 2.24) is 5.32 Å². The lowest BCUT2D eigenvalue weighted by Gasteiger charge is -2.12. The maximum absolute atomic E-state index is 13.2. The van der Waals surface area contributed by atoms with Crippen molar-refractivity contribution in [1.29, 1.82) is 0 Å². The third-order valence-electron chi connectivity index (χ3n) is 2.76. The second-order valence-corrected chi connectivity index (χ2v) is 4.02. The van der Waals surface area contributed by atoms with Crippen molar-refractivity contribution in [2.75, 3.05) is 13.2 Å². The molecule has 1 aromatic rings. The summed E-state index contributed by atoms with van der Waals surface area (Å²) < 4.78 is 18.7. The standard InChI is InChI=1S/C12H16FNO/c1-9-4-5-11(7-12(9)13)15-8-10-3-2-6-14-10/h4-5,7,10,14H,2-3,6,8H2,1H3. The van der Waals surface area contributed by atoms with Crippen molar-refractivity contribution in [3.05, 3.63) is 29.6 Å². The van der Waals surface area contributed by atoms with Crippen molar-refractivity contribution in [3.8, 4) is 5.75 Å². The largest absolute Gasteiger partial charge is 0.492 e. The van der Waals surface area contributed by atoms with Gasteiger partial charge >= 0.3 is 0 Å². The van der Waals surface area contributed by atoms with Gasteiger partial charge < -0.3 is 10.1 Å². The lowest BCUT2D eigenvalue weighted by molar-refractivity contribution is 0.276. The molecule has 2 nitrogen and oxygen atoms in total. The summed E-state index contributed by atoms with van der Waals surface area (Å²) in [5.41, 5.74) is 0.654. The number of aryl methyl sites for hydroxylation is 1. The van der Waals surface area contributed by atoms with Crippen molar-refractivity contribution < 1.29 is 9.13 Å². The first-order valence-electron chi connectivity index (χ1n) is 5.38. The molecule has 0 aromatic heterocycles. The third kappa shape index (κ3) is 2.69. The highest BCUT2D eigenvalue weighted by molar-refractivity contribution is 5.28. The van der Waals surface area contributed by atoms with Crippen LogP contribution in [0.5, 0.6) is 5.75 Å². The molecule has 1 aliphatic rings. The van der Waals surface area contributed by atoms with E-state index in [1.54, 1.807) is 13.0 Å². The van der Waals surface area contributed by atoms with Gasteiger partial charge in [-0.25, -0.2) is 4.39 Å². The highest BCUT2D eigenvalue weighted by atomic mass is 19.1. The van der Waals surface area contributed by atoms with Gasteiger partial charge in [0.1, 0.15) is 18.2 Å². The van der Waals surface area contributed by atoms with E-state index in [2.05, 4.69) is 5.32 Å². The zero-order valence-electron chi connectivity index (χ0n) is 8.92. The van der Waals surface area contributed by atoms with Gasteiger partial charge in [-0.1, -0.05) is 6.07 Å². The molecule has 0 amide bonds. The summed E-state index contributed by atoms with van der Waals surface area (Å²) in [5.74, 6) is 0.415. The Kier molecular flexibility index (Phi) is 3.21. The number of benzene rings is 1. The normalized spacial score (nSPS) is 20.5. The molecule has 1 heterocycles. The smallest absolute Gasteiger partial charge is 0.129 e. The molecule has 1 aromatic carbocycles. The van der Waals surface area contributed by atoms with Gasteiger partial charge in [-0.3, -0.25) is 0 Å². The van der Waals surface area contributed by atoms with Crippen molar-refractivity contribution in [2.24, 2.45) is 0 Å². The Morgan fingerprint density at radius 3 is 3.07 bits per heavy atom. The summed E-state index contributed by atoms with van der Waals surface area (Å²) >= 11 is 0. The van der Waals surface area contributed by atoms with E-state index < -0.39 is 0 Å².